The molecule has 0 saturated heterocycles. The van der Waals surface area contributed by atoms with Gasteiger partial charge in [-0.15, -0.1) is 0 Å². The third kappa shape index (κ3) is 9.74. The van der Waals surface area contributed by atoms with E-state index >= 15 is 0 Å². The number of benzene rings is 1. The molecule has 1 rings (SSSR count). The molecule has 196 valence electrons. The summed E-state index contributed by atoms with van der Waals surface area (Å²) in [5.41, 5.74) is 0.864. The Kier molecular flexibility index (Phi) is 12.0. The number of nitrogens with zero attached hydrogens (tertiary/aromatic N) is 1. The van der Waals surface area contributed by atoms with E-state index in [4.69, 9.17) is 4.74 Å². The van der Waals surface area contributed by atoms with E-state index in [1.807, 2.05) is 58.9 Å². The Labute approximate surface area is 211 Å². The second kappa shape index (κ2) is 13.9. The number of hydrogen-bond acceptors (Lipinski definition) is 4. The molecule has 0 bridgehead atoms. The fourth-order valence-electron chi connectivity index (χ4n) is 3.68. The summed E-state index contributed by atoms with van der Waals surface area (Å²) in [6.07, 6.45) is 3.30. The molecular formula is C28H45N3O4. The Morgan fingerprint density at radius 1 is 1.11 bits per heavy atom. The van der Waals surface area contributed by atoms with Gasteiger partial charge in [0.1, 0.15) is 17.7 Å². The van der Waals surface area contributed by atoms with E-state index in [2.05, 4.69) is 17.2 Å². The van der Waals surface area contributed by atoms with E-state index in [9.17, 15) is 14.4 Å². The number of nitrogens with one attached hydrogen (secondary N) is 2. The van der Waals surface area contributed by atoms with E-state index in [-0.39, 0.29) is 23.8 Å². The molecule has 0 radical (unpaired) electrons. The standard InChI is InChI=1S/C28H45N3O4/c1-10-13-17-31(26(33)23(20(6)11-2)30-27(34)35-28(7,8)9)24(25(32)29-19(4)5)22-16-14-15-21(12-3)18-22/h12,14-16,18-20,23-24H,3,10-11,13,17H2,1-2,4-9H3,(H,29,32)(H,30,34). The summed E-state index contributed by atoms with van der Waals surface area (Å²) in [4.78, 5) is 41.8. The summed E-state index contributed by atoms with van der Waals surface area (Å²) in [7, 11) is 0. The number of carbonyl (C=O) groups excluding carboxylic acids is 3. The lowest BCUT2D eigenvalue weighted by molar-refractivity contribution is -0.143. The molecule has 7 heteroatoms. The summed E-state index contributed by atoms with van der Waals surface area (Å²) in [6.45, 7) is 19.2. The molecule has 2 N–H and O–H groups in total. The van der Waals surface area contributed by atoms with Crippen molar-refractivity contribution in [3.8, 4) is 0 Å². The van der Waals surface area contributed by atoms with Crippen molar-refractivity contribution in [2.75, 3.05) is 6.54 Å². The average Bonchev–Trinajstić information content (AvgIpc) is 2.77. The Morgan fingerprint density at radius 2 is 1.77 bits per heavy atom. The molecule has 0 fully saturated rings. The largest absolute Gasteiger partial charge is 0.444 e. The zero-order valence-electron chi connectivity index (χ0n) is 22.8. The molecule has 0 aliphatic rings. The highest BCUT2D eigenvalue weighted by atomic mass is 16.6. The van der Waals surface area contributed by atoms with Crippen molar-refractivity contribution >= 4 is 24.0 Å². The molecule has 0 aliphatic heterocycles. The van der Waals surface area contributed by atoms with Crippen LogP contribution in [0.3, 0.4) is 0 Å². The minimum Gasteiger partial charge on any atom is -0.444 e. The summed E-state index contributed by atoms with van der Waals surface area (Å²) < 4.78 is 5.44. The predicted octanol–water partition coefficient (Wildman–Crippen LogP) is 5.46. The molecule has 3 amide bonds. The summed E-state index contributed by atoms with van der Waals surface area (Å²) in [6, 6.07) is 5.72. The topological polar surface area (TPSA) is 87.7 Å². The van der Waals surface area contributed by atoms with Crippen molar-refractivity contribution in [2.24, 2.45) is 5.92 Å². The van der Waals surface area contributed by atoms with Crippen molar-refractivity contribution < 1.29 is 19.1 Å². The number of amides is 3. The molecule has 0 heterocycles. The number of ether oxygens (including phenoxy) is 1. The molecule has 1 aromatic rings. The monoisotopic (exact) mass is 487 g/mol. The quantitative estimate of drug-likeness (QED) is 0.410. The average molecular weight is 488 g/mol. The molecule has 3 unspecified atom stereocenters. The number of carbonyl (C=O) groups is 3. The van der Waals surface area contributed by atoms with Gasteiger partial charge in [-0.1, -0.05) is 64.5 Å². The third-order valence-corrected chi connectivity index (χ3v) is 5.64. The zero-order valence-corrected chi connectivity index (χ0v) is 22.8. The van der Waals surface area contributed by atoms with Crippen molar-refractivity contribution in [1.29, 1.82) is 0 Å². The highest BCUT2D eigenvalue weighted by molar-refractivity contribution is 5.92. The fraction of sp³-hybridized carbons (Fsp3) is 0.607. The lowest BCUT2D eigenvalue weighted by Crippen LogP contribution is -2.55. The summed E-state index contributed by atoms with van der Waals surface area (Å²) in [5, 5.41) is 5.76. The summed E-state index contributed by atoms with van der Waals surface area (Å²) in [5.74, 6) is -0.718. The van der Waals surface area contributed by atoms with Gasteiger partial charge in [0.25, 0.3) is 0 Å². The highest BCUT2D eigenvalue weighted by Crippen LogP contribution is 2.26. The molecule has 35 heavy (non-hydrogen) atoms. The first-order valence-electron chi connectivity index (χ1n) is 12.7. The zero-order chi connectivity index (χ0) is 26.8. The smallest absolute Gasteiger partial charge is 0.408 e. The first-order chi connectivity index (χ1) is 16.3. The van der Waals surface area contributed by atoms with Gasteiger partial charge in [0.15, 0.2) is 0 Å². The Balaban J connectivity index is 3.53. The van der Waals surface area contributed by atoms with Crippen LogP contribution in [0.25, 0.3) is 6.08 Å². The van der Waals surface area contributed by atoms with Gasteiger partial charge in [0.05, 0.1) is 0 Å². The van der Waals surface area contributed by atoms with E-state index in [0.717, 1.165) is 18.4 Å². The molecule has 3 atom stereocenters. The van der Waals surface area contributed by atoms with E-state index < -0.39 is 23.8 Å². The predicted molar refractivity (Wildman–Crippen MR) is 142 cm³/mol. The second-order valence-electron chi connectivity index (χ2n) is 10.3. The molecule has 7 nitrogen and oxygen atoms in total. The number of rotatable bonds is 12. The van der Waals surface area contributed by atoms with Crippen LogP contribution in [0, 0.1) is 5.92 Å². The fourth-order valence-corrected chi connectivity index (χ4v) is 3.68. The second-order valence-corrected chi connectivity index (χ2v) is 10.3. The summed E-state index contributed by atoms with van der Waals surface area (Å²) >= 11 is 0. The van der Waals surface area contributed by atoms with Crippen LogP contribution in [0.2, 0.25) is 0 Å². The maximum absolute atomic E-state index is 14.1. The van der Waals surface area contributed by atoms with Gasteiger partial charge in [-0.3, -0.25) is 9.59 Å². The van der Waals surface area contributed by atoms with E-state index in [1.54, 1.807) is 31.7 Å². The van der Waals surface area contributed by atoms with Gasteiger partial charge in [-0.25, -0.2) is 4.79 Å². The van der Waals surface area contributed by atoms with Crippen LogP contribution >= 0.6 is 0 Å². The van der Waals surface area contributed by atoms with Crippen molar-refractivity contribution in [1.82, 2.24) is 15.5 Å². The maximum atomic E-state index is 14.1. The van der Waals surface area contributed by atoms with Crippen molar-refractivity contribution in [2.45, 2.75) is 98.4 Å². The van der Waals surface area contributed by atoms with Crippen molar-refractivity contribution in [3.05, 3.63) is 42.0 Å². The molecule has 1 aromatic carbocycles. The SMILES string of the molecule is C=Cc1cccc(C(C(=O)NC(C)C)N(CCCC)C(=O)C(NC(=O)OC(C)(C)C)C(C)CC)c1. The van der Waals surface area contributed by atoms with Crippen LogP contribution in [0.5, 0.6) is 0 Å². The van der Waals surface area contributed by atoms with Gasteiger partial charge < -0.3 is 20.3 Å². The van der Waals surface area contributed by atoms with Crippen molar-refractivity contribution in [3.63, 3.8) is 0 Å². The van der Waals surface area contributed by atoms with Crippen LogP contribution in [0.4, 0.5) is 4.79 Å². The molecule has 0 aromatic heterocycles. The third-order valence-electron chi connectivity index (χ3n) is 5.64. The molecule has 0 aliphatic carbocycles. The van der Waals surface area contributed by atoms with Gasteiger partial charge in [0, 0.05) is 12.6 Å². The molecule has 0 spiro atoms. The lowest BCUT2D eigenvalue weighted by atomic mass is 9.95. The molecular weight excluding hydrogens is 442 g/mol. The highest BCUT2D eigenvalue weighted by Gasteiger charge is 2.38. The maximum Gasteiger partial charge on any atom is 0.408 e. The van der Waals surface area contributed by atoms with Crippen LogP contribution in [-0.4, -0.2) is 47.0 Å². The Bertz CT molecular complexity index is 860. The first-order valence-corrected chi connectivity index (χ1v) is 12.7. The number of alkyl carbamates (subject to hydrolysis) is 1. The minimum atomic E-state index is -0.844. The Hall–Kier alpha value is -2.83. The van der Waals surface area contributed by atoms with Gasteiger partial charge in [-0.05, 0) is 64.2 Å². The molecule has 0 saturated carbocycles. The number of hydrogen-bond donors (Lipinski definition) is 2. The van der Waals surface area contributed by atoms with Crippen LogP contribution in [0.1, 0.15) is 91.8 Å². The normalized spacial score (nSPS) is 14.0. The van der Waals surface area contributed by atoms with E-state index in [0.29, 0.717) is 18.5 Å². The van der Waals surface area contributed by atoms with Crippen LogP contribution < -0.4 is 10.6 Å². The van der Waals surface area contributed by atoms with Gasteiger partial charge >= 0.3 is 6.09 Å². The first kappa shape index (κ1) is 30.2. The Morgan fingerprint density at radius 3 is 2.29 bits per heavy atom. The van der Waals surface area contributed by atoms with E-state index in [1.165, 1.54) is 0 Å². The van der Waals surface area contributed by atoms with Crippen LogP contribution in [-0.2, 0) is 14.3 Å². The lowest BCUT2D eigenvalue weighted by Gasteiger charge is -2.36. The van der Waals surface area contributed by atoms with Crippen LogP contribution in [0.15, 0.2) is 30.8 Å². The number of unbranched alkanes of at least 4 members (excludes halogenated alkanes) is 1. The minimum absolute atomic E-state index is 0.0963. The van der Waals surface area contributed by atoms with Gasteiger partial charge in [0.2, 0.25) is 11.8 Å². The van der Waals surface area contributed by atoms with Gasteiger partial charge in [-0.2, -0.15) is 0 Å².